The van der Waals surface area contributed by atoms with Crippen molar-refractivity contribution >= 4 is 58.8 Å². The minimum absolute atomic E-state index is 0.176. The van der Waals surface area contributed by atoms with E-state index in [9.17, 15) is 0 Å². The summed E-state index contributed by atoms with van der Waals surface area (Å²) in [6, 6.07) is 10.8. The predicted octanol–water partition coefficient (Wildman–Crippen LogP) is 21.2. The van der Waals surface area contributed by atoms with Crippen molar-refractivity contribution in [3.05, 3.63) is 30.3 Å². The van der Waals surface area contributed by atoms with E-state index in [4.69, 9.17) is 4.74 Å². The van der Waals surface area contributed by atoms with Gasteiger partial charge >= 0.3 is 0 Å². The molecule has 1 rings (SSSR count). The van der Waals surface area contributed by atoms with Crippen molar-refractivity contribution in [1.82, 2.24) is 0 Å². The van der Waals surface area contributed by atoms with Crippen LogP contribution < -0.4 is 4.74 Å². The molecule has 1 aromatic carbocycles. The van der Waals surface area contributed by atoms with Gasteiger partial charge in [-0.15, -0.1) is 58.8 Å². The number of benzene rings is 1. The van der Waals surface area contributed by atoms with Crippen LogP contribution in [0.3, 0.4) is 0 Å². The molecule has 60 heavy (non-hydrogen) atoms. The molecule has 0 unspecified atom stereocenters. The largest absolute Gasteiger partial charge is 0.467 e. The van der Waals surface area contributed by atoms with Crippen LogP contribution in [0, 0.1) is 0 Å². The zero-order valence-corrected chi connectivity index (χ0v) is 44.9. The Morgan fingerprint density at radius 3 is 0.950 bits per heavy atom. The van der Waals surface area contributed by atoms with Crippen molar-refractivity contribution in [1.29, 1.82) is 0 Å². The van der Waals surface area contributed by atoms with Crippen molar-refractivity contribution in [2.75, 3.05) is 28.8 Å². The highest BCUT2D eigenvalue weighted by Crippen LogP contribution is 2.52. The molecule has 1 aromatic rings. The Hall–Kier alpha value is 0.770. The van der Waals surface area contributed by atoms with E-state index in [0.717, 1.165) is 12.2 Å². The lowest BCUT2D eigenvalue weighted by molar-refractivity contribution is 0.240. The maximum absolute atomic E-state index is 7.13. The van der Waals surface area contributed by atoms with Gasteiger partial charge in [-0.2, -0.15) is 0 Å². The van der Waals surface area contributed by atoms with Crippen molar-refractivity contribution in [2.45, 2.75) is 273 Å². The van der Waals surface area contributed by atoms with Crippen molar-refractivity contribution < 1.29 is 4.74 Å². The predicted molar refractivity (Wildman–Crippen MR) is 289 cm³/mol. The maximum atomic E-state index is 7.13. The van der Waals surface area contributed by atoms with Crippen LogP contribution >= 0.6 is 58.8 Å². The van der Waals surface area contributed by atoms with Gasteiger partial charge in [0.1, 0.15) is 9.16 Å². The topological polar surface area (TPSA) is 9.23 Å². The van der Waals surface area contributed by atoms with Gasteiger partial charge in [-0.3, -0.25) is 0 Å². The molecule has 0 aliphatic rings. The first-order valence-corrected chi connectivity index (χ1v) is 31.5. The Morgan fingerprint density at radius 2 is 0.600 bits per heavy atom. The molecule has 0 aromatic heterocycles. The van der Waals surface area contributed by atoms with E-state index in [-0.39, 0.29) is 4.27 Å². The lowest BCUT2D eigenvalue weighted by Gasteiger charge is -2.34. The molecule has 0 radical (unpaired) electrons. The van der Waals surface area contributed by atoms with Crippen LogP contribution in [-0.2, 0) is 0 Å². The lowest BCUT2D eigenvalue weighted by atomic mass is 10.1. The molecule has 354 valence electrons. The van der Waals surface area contributed by atoms with Crippen molar-refractivity contribution in [2.24, 2.45) is 0 Å². The molecule has 0 aliphatic heterocycles. The normalized spacial score (nSPS) is 12.2. The number of thioether (sulfide) groups is 5. The van der Waals surface area contributed by atoms with Crippen LogP contribution in [-0.4, -0.2) is 36.4 Å². The second-order valence-electron chi connectivity index (χ2n) is 17.8. The minimum atomic E-state index is -0.176. The summed E-state index contributed by atoms with van der Waals surface area (Å²) in [5.41, 5.74) is 0. The summed E-state index contributed by atoms with van der Waals surface area (Å²) < 4.78 is 7.29. The van der Waals surface area contributed by atoms with Crippen LogP contribution in [0.15, 0.2) is 30.3 Å². The van der Waals surface area contributed by atoms with Gasteiger partial charge < -0.3 is 4.74 Å². The summed E-state index contributed by atoms with van der Waals surface area (Å²) in [5.74, 6) is 7.54. The monoisotopic (exact) mass is 927 g/mol. The molecular formula is C54H102OS5. The number of hydrogen-bond acceptors (Lipinski definition) is 6. The van der Waals surface area contributed by atoms with Crippen LogP contribution in [0.25, 0.3) is 0 Å². The van der Waals surface area contributed by atoms with Gasteiger partial charge in [0.15, 0.2) is 0 Å². The summed E-state index contributed by atoms with van der Waals surface area (Å²) in [7, 11) is 0. The fraction of sp³-hybridized carbons (Fsp3) is 0.889. The summed E-state index contributed by atoms with van der Waals surface area (Å²) in [4.78, 5) is 0. The first kappa shape index (κ1) is 58.8. The molecule has 0 spiro atoms. The van der Waals surface area contributed by atoms with Gasteiger partial charge in [-0.1, -0.05) is 233 Å². The molecule has 0 saturated heterocycles. The van der Waals surface area contributed by atoms with Crippen molar-refractivity contribution in [3.8, 4) is 5.75 Å². The molecule has 6 heteroatoms. The van der Waals surface area contributed by atoms with E-state index in [1.54, 1.807) is 0 Å². The highest BCUT2D eigenvalue weighted by molar-refractivity contribution is 8.33. The zero-order valence-electron chi connectivity index (χ0n) is 40.8. The smallest absolute Gasteiger partial charge is 0.201 e. The molecule has 0 fully saturated rings. The quantitative estimate of drug-likeness (QED) is 0.0472. The molecule has 0 atom stereocenters. The molecule has 0 bridgehead atoms. The summed E-state index contributed by atoms with van der Waals surface area (Å²) >= 11 is 11.4. The highest BCUT2D eigenvalue weighted by atomic mass is 32.3. The number of ether oxygens (including phenoxy) is 1. The average Bonchev–Trinajstić information content (AvgIpc) is 3.26. The van der Waals surface area contributed by atoms with Crippen LogP contribution in [0.4, 0.5) is 0 Å². The van der Waals surface area contributed by atoms with E-state index < -0.39 is 0 Å². The lowest BCUT2D eigenvalue weighted by Crippen LogP contribution is -2.29. The Labute approximate surface area is 399 Å². The third-order valence-corrected chi connectivity index (χ3v) is 20.5. The fourth-order valence-electron chi connectivity index (χ4n) is 7.89. The number of unbranched alkanes of at least 4 members (excludes halogenated alkanes) is 28. The molecule has 0 heterocycles. The van der Waals surface area contributed by atoms with Gasteiger partial charge in [0.05, 0.1) is 0 Å². The molecule has 0 N–H and O–H groups in total. The Balaban J connectivity index is 3.00. The number of hydrogen-bond donors (Lipinski definition) is 0. The first-order chi connectivity index (χ1) is 29.6. The maximum Gasteiger partial charge on any atom is 0.201 e. The standard InChI is InChI=1S/C54H102OS5/c1-6-11-16-21-28-38-47-56-53(55-52-43-34-33-35-44-52,57-48-39-29-22-17-12-7-2)45-36-26-27-37-46-54(58-49-40-30-23-18-13-8-3,59-50-41-31-24-19-14-9-4)60-51-42-32-25-20-15-10-5/h33-35,43-44H,6-32,36-42,45-51H2,1-5H3. The second-order valence-corrected chi connectivity index (χ2v) is 25.7. The van der Waals surface area contributed by atoms with Gasteiger partial charge in [-0.05, 0) is 85.8 Å². The van der Waals surface area contributed by atoms with E-state index in [1.165, 1.54) is 253 Å². The third kappa shape index (κ3) is 35.1. The average molecular weight is 928 g/mol. The second kappa shape index (κ2) is 44.9. The summed E-state index contributed by atoms with van der Waals surface area (Å²) in [5, 5.41) is 0. The SMILES string of the molecule is CCCCCCCCSC(CCCCCCC(SCCCCCCCC)(SCCCCCCCC)SCCCCCCCC)(Oc1ccccc1)SCCCCCCCC. The summed E-state index contributed by atoms with van der Waals surface area (Å²) in [6.07, 6.45) is 49.6. The van der Waals surface area contributed by atoms with Crippen LogP contribution in [0.5, 0.6) is 5.75 Å². The van der Waals surface area contributed by atoms with Crippen LogP contribution in [0.2, 0.25) is 0 Å². The van der Waals surface area contributed by atoms with E-state index >= 15 is 0 Å². The Kier molecular flexibility index (Phi) is 44.0. The van der Waals surface area contributed by atoms with E-state index in [0.29, 0.717) is 3.41 Å². The third-order valence-electron chi connectivity index (χ3n) is 11.8. The highest BCUT2D eigenvalue weighted by Gasteiger charge is 2.34. The van der Waals surface area contributed by atoms with E-state index in [2.05, 4.69) is 124 Å². The number of para-hydroxylation sites is 1. The van der Waals surface area contributed by atoms with Gasteiger partial charge in [0.2, 0.25) is 4.27 Å². The fourth-order valence-corrected chi connectivity index (χ4v) is 16.3. The Bertz CT molecular complexity index is 913. The molecule has 0 aliphatic carbocycles. The van der Waals surface area contributed by atoms with Gasteiger partial charge in [0, 0.05) is 6.42 Å². The molecule has 1 nitrogen and oxygen atoms in total. The van der Waals surface area contributed by atoms with Crippen LogP contribution in [0.1, 0.15) is 266 Å². The number of rotatable bonds is 49. The zero-order chi connectivity index (χ0) is 43.3. The Morgan fingerprint density at radius 1 is 0.317 bits per heavy atom. The van der Waals surface area contributed by atoms with Gasteiger partial charge in [-0.25, -0.2) is 0 Å². The molecular weight excluding hydrogens is 825 g/mol. The first-order valence-electron chi connectivity index (χ1n) is 26.5. The minimum Gasteiger partial charge on any atom is -0.467 e. The van der Waals surface area contributed by atoms with Crippen molar-refractivity contribution in [3.63, 3.8) is 0 Å². The van der Waals surface area contributed by atoms with Gasteiger partial charge in [0.25, 0.3) is 0 Å². The molecule has 0 amide bonds. The van der Waals surface area contributed by atoms with E-state index in [1.807, 2.05) is 0 Å². The summed E-state index contributed by atoms with van der Waals surface area (Å²) in [6.45, 7) is 11.7. The molecule has 0 saturated carbocycles.